The van der Waals surface area contributed by atoms with Crippen molar-refractivity contribution in [3.8, 4) is 5.75 Å². The Hall–Kier alpha value is -2.56. The SMILES string of the molecule is CCOc1ccc2cc(C=NN=C(N)N)ccc2c1. The molecule has 0 atom stereocenters. The van der Waals surface area contributed by atoms with Crippen molar-refractivity contribution in [3.05, 3.63) is 42.0 Å². The Bertz CT molecular complexity index is 630. The minimum Gasteiger partial charge on any atom is -0.494 e. The van der Waals surface area contributed by atoms with Crippen LogP contribution >= 0.6 is 0 Å². The molecule has 2 aromatic carbocycles. The highest BCUT2D eigenvalue weighted by Crippen LogP contribution is 2.21. The van der Waals surface area contributed by atoms with Crippen LogP contribution < -0.4 is 16.2 Å². The van der Waals surface area contributed by atoms with Crippen LogP contribution in [0, 0.1) is 0 Å². The first kappa shape index (κ1) is 12.9. The molecule has 0 aliphatic heterocycles. The van der Waals surface area contributed by atoms with Crippen LogP contribution in [0.3, 0.4) is 0 Å². The van der Waals surface area contributed by atoms with Crippen molar-refractivity contribution < 1.29 is 4.74 Å². The molecule has 0 radical (unpaired) electrons. The normalized spacial score (nSPS) is 10.8. The first-order valence-corrected chi connectivity index (χ1v) is 5.97. The Kier molecular flexibility index (Phi) is 3.97. The van der Waals surface area contributed by atoms with E-state index in [9.17, 15) is 0 Å². The van der Waals surface area contributed by atoms with Gasteiger partial charge in [0.2, 0.25) is 5.96 Å². The maximum absolute atomic E-state index is 5.46. The van der Waals surface area contributed by atoms with Gasteiger partial charge in [0, 0.05) is 0 Å². The summed E-state index contributed by atoms with van der Waals surface area (Å²) in [6.45, 7) is 2.63. The maximum atomic E-state index is 5.46. The number of ether oxygens (including phenoxy) is 1. The number of hydrogen-bond donors (Lipinski definition) is 2. The summed E-state index contributed by atoms with van der Waals surface area (Å²) in [5, 5.41) is 9.57. The van der Waals surface area contributed by atoms with E-state index in [1.54, 1.807) is 6.21 Å². The molecule has 2 aromatic rings. The molecule has 19 heavy (non-hydrogen) atoms. The minimum absolute atomic E-state index is 0.0570. The third kappa shape index (κ3) is 3.45. The molecule has 0 saturated heterocycles. The standard InChI is InChI=1S/C14H16N4O/c1-2-19-13-6-5-11-7-10(3-4-12(11)8-13)9-17-18-14(15)16/h3-9H,2H2,1H3,(H4,15,16,18). The van der Waals surface area contributed by atoms with Crippen LogP contribution in [-0.2, 0) is 0 Å². The highest BCUT2D eigenvalue weighted by atomic mass is 16.5. The molecule has 0 unspecified atom stereocenters. The number of rotatable bonds is 4. The summed E-state index contributed by atoms with van der Waals surface area (Å²) in [5.41, 5.74) is 11.3. The highest BCUT2D eigenvalue weighted by molar-refractivity contribution is 5.91. The third-order valence-corrected chi connectivity index (χ3v) is 2.53. The second-order valence-electron chi connectivity index (χ2n) is 3.97. The lowest BCUT2D eigenvalue weighted by atomic mass is 10.1. The van der Waals surface area contributed by atoms with Gasteiger partial charge in [0.15, 0.2) is 0 Å². The Labute approximate surface area is 111 Å². The molecule has 0 amide bonds. The smallest absolute Gasteiger partial charge is 0.211 e. The van der Waals surface area contributed by atoms with E-state index >= 15 is 0 Å². The van der Waals surface area contributed by atoms with E-state index in [0.717, 1.165) is 22.1 Å². The van der Waals surface area contributed by atoms with Gasteiger partial charge in [-0.1, -0.05) is 18.2 Å². The van der Waals surface area contributed by atoms with E-state index < -0.39 is 0 Å². The zero-order valence-corrected chi connectivity index (χ0v) is 10.7. The summed E-state index contributed by atoms with van der Waals surface area (Å²) < 4.78 is 5.46. The van der Waals surface area contributed by atoms with E-state index in [0.29, 0.717) is 6.61 Å². The van der Waals surface area contributed by atoms with E-state index in [2.05, 4.69) is 10.2 Å². The van der Waals surface area contributed by atoms with Crippen LogP contribution in [0.15, 0.2) is 46.6 Å². The Morgan fingerprint density at radius 3 is 2.63 bits per heavy atom. The number of guanidine groups is 1. The molecule has 0 spiro atoms. The van der Waals surface area contributed by atoms with Gasteiger partial charge in [-0.25, -0.2) is 0 Å². The van der Waals surface area contributed by atoms with E-state index in [-0.39, 0.29) is 5.96 Å². The van der Waals surface area contributed by atoms with E-state index in [1.165, 1.54) is 0 Å². The molecule has 0 aliphatic rings. The van der Waals surface area contributed by atoms with Crippen molar-refractivity contribution in [2.45, 2.75) is 6.92 Å². The zero-order chi connectivity index (χ0) is 13.7. The number of hydrogen-bond acceptors (Lipinski definition) is 3. The zero-order valence-electron chi connectivity index (χ0n) is 10.7. The summed E-state index contributed by atoms with van der Waals surface area (Å²) in [6, 6.07) is 11.9. The first-order valence-electron chi connectivity index (χ1n) is 5.97. The minimum atomic E-state index is -0.0570. The maximum Gasteiger partial charge on any atom is 0.211 e. The summed E-state index contributed by atoms with van der Waals surface area (Å²) in [6.07, 6.45) is 1.61. The molecule has 5 nitrogen and oxygen atoms in total. The van der Waals surface area contributed by atoms with Crippen LogP contribution in [0.5, 0.6) is 5.75 Å². The second-order valence-corrected chi connectivity index (χ2v) is 3.97. The van der Waals surface area contributed by atoms with Crippen molar-refractivity contribution in [3.63, 3.8) is 0 Å². The Morgan fingerprint density at radius 2 is 1.89 bits per heavy atom. The second kappa shape index (κ2) is 5.86. The average Bonchev–Trinajstić information content (AvgIpc) is 2.39. The average molecular weight is 256 g/mol. The monoisotopic (exact) mass is 256 g/mol. The Balaban J connectivity index is 2.29. The lowest BCUT2D eigenvalue weighted by molar-refractivity contribution is 0.341. The molecule has 2 rings (SSSR count). The van der Waals surface area contributed by atoms with E-state index in [1.807, 2.05) is 43.3 Å². The van der Waals surface area contributed by atoms with Crippen LogP contribution in [0.1, 0.15) is 12.5 Å². The van der Waals surface area contributed by atoms with E-state index in [4.69, 9.17) is 16.2 Å². The molecule has 0 fully saturated rings. The molecule has 98 valence electrons. The molecule has 5 heteroatoms. The molecule has 0 bridgehead atoms. The summed E-state index contributed by atoms with van der Waals surface area (Å²) in [4.78, 5) is 0. The van der Waals surface area contributed by atoms with Gasteiger partial charge in [-0.15, -0.1) is 5.10 Å². The molecule has 0 heterocycles. The van der Waals surface area contributed by atoms with Gasteiger partial charge < -0.3 is 16.2 Å². The van der Waals surface area contributed by atoms with Gasteiger partial charge in [0.1, 0.15) is 5.75 Å². The first-order chi connectivity index (χ1) is 9.19. The fraction of sp³-hybridized carbons (Fsp3) is 0.143. The molecule has 0 saturated carbocycles. The lowest BCUT2D eigenvalue weighted by Crippen LogP contribution is -2.21. The summed E-state index contributed by atoms with van der Waals surface area (Å²) >= 11 is 0. The molecular formula is C14H16N4O. The van der Waals surface area contributed by atoms with Gasteiger partial charge in [-0.05, 0) is 41.5 Å². The predicted octanol–water partition coefficient (Wildman–Crippen LogP) is 1.85. The number of nitrogens with zero attached hydrogens (tertiary/aromatic N) is 2. The fourth-order valence-electron chi connectivity index (χ4n) is 1.74. The topological polar surface area (TPSA) is 86.0 Å². The largest absolute Gasteiger partial charge is 0.494 e. The van der Waals surface area contributed by atoms with Crippen LogP contribution in [0.2, 0.25) is 0 Å². The van der Waals surface area contributed by atoms with Crippen LogP contribution in [0.25, 0.3) is 10.8 Å². The lowest BCUT2D eigenvalue weighted by Gasteiger charge is -2.05. The summed E-state index contributed by atoms with van der Waals surface area (Å²) in [5.74, 6) is 0.815. The van der Waals surface area contributed by atoms with Crippen LogP contribution in [0.4, 0.5) is 0 Å². The van der Waals surface area contributed by atoms with Crippen molar-refractivity contribution >= 4 is 22.9 Å². The van der Waals surface area contributed by atoms with Crippen molar-refractivity contribution in [1.29, 1.82) is 0 Å². The molecule has 4 N–H and O–H groups in total. The van der Waals surface area contributed by atoms with Crippen molar-refractivity contribution in [2.24, 2.45) is 21.7 Å². The third-order valence-electron chi connectivity index (χ3n) is 2.53. The fourth-order valence-corrected chi connectivity index (χ4v) is 1.74. The molecular weight excluding hydrogens is 240 g/mol. The number of fused-ring (bicyclic) bond motifs is 1. The Morgan fingerprint density at radius 1 is 1.16 bits per heavy atom. The van der Waals surface area contributed by atoms with Crippen LogP contribution in [-0.4, -0.2) is 18.8 Å². The van der Waals surface area contributed by atoms with Gasteiger partial charge in [0.25, 0.3) is 0 Å². The van der Waals surface area contributed by atoms with Crippen molar-refractivity contribution in [1.82, 2.24) is 0 Å². The summed E-state index contributed by atoms with van der Waals surface area (Å²) in [7, 11) is 0. The molecule has 0 aliphatic carbocycles. The van der Waals surface area contributed by atoms with Gasteiger partial charge >= 0.3 is 0 Å². The van der Waals surface area contributed by atoms with Gasteiger partial charge in [-0.3, -0.25) is 0 Å². The van der Waals surface area contributed by atoms with Gasteiger partial charge in [0.05, 0.1) is 12.8 Å². The quantitative estimate of drug-likeness (QED) is 0.497. The van der Waals surface area contributed by atoms with Gasteiger partial charge in [-0.2, -0.15) is 5.10 Å². The van der Waals surface area contributed by atoms with Crippen molar-refractivity contribution in [2.75, 3.05) is 6.61 Å². The number of benzene rings is 2. The highest BCUT2D eigenvalue weighted by Gasteiger charge is 1.98. The number of nitrogens with two attached hydrogens (primary N) is 2. The predicted molar refractivity (Wildman–Crippen MR) is 78.5 cm³/mol. The molecule has 0 aromatic heterocycles.